The molecule has 0 heterocycles. The Labute approximate surface area is 228 Å². The molecule has 0 spiro atoms. The molecular weight excluding hydrogens is 432 g/mol. The molecule has 0 heteroatoms. The van der Waals surface area contributed by atoms with Crippen molar-refractivity contribution in [3.8, 4) is 0 Å². The van der Waals surface area contributed by atoms with Crippen molar-refractivity contribution in [2.24, 2.45) is 0 Å². The molecule has 1 aromatic carbocycles. The second kappa shape index (κ2) is 27.3. The largest absolute Gasteiger partial charge is 0.0654 e. The molecule has 0 saturated carbocycles. The van der Waals surface area contributed by atoms with Crippen molar-refractivity contribution >= 4 is 0 Å². The molecular formula is C36H66. The standard InChI is InChI=1S/C36H66/c1-3-5-6-7-8-9-10-11-12-13-14-15-16-17-18-19-20-21-22-23-24-25-26-27-28-29-30-36-33-31-35(4-2)32-34-36/h31-34H,3-30H2,1-2H3. The number of hydrogen-bond acceptors (Lipinski definition) is 0. The number of aryl methyl sites for hydroxylation is 2. The maximum absolute atomic E-state index is 2.33. The molecule has 0 aliphatic heterocycles. The Balaban J connectivity index is 1.67. The highest BCUT2D eigenvalue weighted by Gasteiger charge is 1.97. The smallest absolute Gasteiger partial charge is 0.0279 e. The molecule has 0 amide bonds. The lowest BCUT2D eigenvalue weighted by Crippen LogP contribution is -1.88. The molecule has 0 aromatic heterocycles. The second-order valence-corrected chi connectivity index (χ2v) is 11.8. The van der Waals surface area contributed by atoms with Gasteiger partial charge < -0.3 is 0 Å². The molecule has 1 rings (SSSR count). The van der Waals surface area contributed by atoms with Crippen LogP contribution in [0.4, 0.5) is 0 Å². The van der Waals surface area contributed by atoms with Gasteiger partial charge in [-0.15, -0.1) is 0 Å². The van der Waals surface area contributed by atoms with Gasteiger partial charge in [0, 0.05) is 0 Å². The molecule has 0 bridgehead atoms. The molecule has 0 unspecified atom stereocenters. The number of unbranched alkanes of at least 4 members (excludes halogenated alkanes) is 25. The van der Waals surface area contributed by atoms with E-state index in [0.717, 1.165) is 6.42 Å². The third-order valence-corrected chi connectivity index (χ3v) is 8.25. The molecule has 0 nitrogen and oxygen atoms in total. The highest BCUT2D eigenvalue weighted by Crippen LogP contribution is 2.16. The van der Waals surface area contributed by atoms with E-state index in [1.807, 2.05) is 0 Å². The number of benzene rings is 1. The van der Waals surface area contributed by atoms with Gasteiger partial charge in [0.15, 0.2) is 0 Å². The molecule has 0 saturated heterocycles. The molecule has 0 atom stereocenters. The zero-order valence-electron chi connectivity index (χ0n) is 25.1. The second-order valence-electron chi connectivity index (χ2n) is 11.8. The van der Waals surface area contributed by atoms with Gasteiger partial charge in [0.05, 0.1) is 0 Å². The van der Waals surface area contributed by atoms with E-state index in [0.29, 0.717) is 0 Å². The Kier molecular flexibility index (Phi) is 25.2. The third kappa shape index (κ3) is 22.4. The van der Waals surface area contributed by atoms with Gasteiger partial charge in [0.1, 0.15) is 0 Å². The number of hydrogen-bond donors (Lipinski definition) is 0. The fourth-order valence-electron chi connectivity index (χ4n) is 5.59. The van der Waals surface area contributed by atoms with Crippen molar-refractivity contribution in [1.29, 1.82) is 0 Å². The summed E-state index contributed by atoms with van der Waals surface area (Å²) in [5.41, 5.74) is 2.99. The highest BCUT2D eigenvalue weighted by atomic mass is 14.0. The van der Waals surface area contributed by atoms with E-state index < -0.39 is 0 Å². The molecule has 210 valence electrons. The average Bonchev–Trinajstić information content (AvgIpc) is 2.91. The summed E-state index contributed by atoms with van der Waals surface area (Å²) in [6.45, 7) is 4.54. The fourth-order valence-corrected chi connectivity index (χ4v) is 5.59. The highest BCUT2D eigenvalue weighted by molar-refractivity contribution is 5.22. The van der Waals surface area contributed by atoms with Crippen LogP contribution in [0.3, 0.4) is 0 Å². The van der Waals surface area contributed by atoms with Crippen LogP contribution >= 0.6 is 0 Å². The van der Waals surface area contributed by atoms with Crippen molar-refractivity contribution in [2.75, 3.05) is 0 Å². The topological polar surface area (TPSA) is 0 Å². The Bertz CT molecular complexity index is 527. The summed E-state index contributed by atoms with van der Waals surface area (Å²) >= 11 is 0. The summed E-state index contributed by atoms with van der Waals surface area (Å²) in [6, 6.07) is 9.27. The first kappa shape index (κ1) is 33.2. The van der Waals surface area contributed by atoms with Crippen LogP contribution in [0.1, 0.15) is 192 Å². The van der Waals surface area contributed by atoms with Crippen LogP contribution in [0.15, 0.2) is 24.3 Å². The van der Waals surface area contributed by atoms with E-state index in [2.05, 4.69) is 38.1 Å². The normalized spacial score (nSPS) is 11.4. The maximum Gasteiger partial charge on any atom is -0.0279 e. The molecule has 36 heavy (non-hydrogen) atoms. The Morgan fingerprint density at radius 2 is 0.556 bits per heavy atom. The van der Waals surface area contributed by atoms with Crippen molar-refractivity contribution in [1.82, 2.24) is 0 Å². The van der Waals surface area contributed by atoms with Gasteiger partial charge in [-0.2, -0.15) is 0 Å². The Hall–Kier alpha value is -0.780. The summed E-state index contributed by atoms with van der Waals surface area (Å²) in [7, 11) is 0. The monoisotopic (exact) mass is 499 g/mol. The fraction of sp³-hybridized carbons (Fsp3) is 0.833. The zero-order chi connectivity index (χ0) is 25.8. The van der Waals surface area contributed by atoms with Gasteiger partial charge in [-0.25, -0.2) is 0 Å². The van der Waals surface area contributed by atoms with E-state index in [9.17, 15) is 0 Å². The van der Waals surface area contributed by atoms with Crippen molar-refractivity contribution in [2.45, 2.75) is 194 Å². The minimum absolute atomic E-state index is 1.15. The van der Waals surface area contributed by atoms with Crippen LogP contribution in [-0.4, -0.2) is 0 Å². The molecule has 0 fully saturated rings. The lowest BCUT2D eigenvalue weighted by Gasteiger charge is -2.05. The van der Waals surface area contributed by atoms with Crippen LogP contribution in [0.5, 0.6) is 0 Å². The predicted molar refractivity (Wildman–Crippen MR) is 165 cm³/mol. The van der Waals surface area contributed by atoms with Crippen molar-refractivity contribution in [3.05, 3.63) is 35.4 Å². The van der Waals surface area contributed by atoms with Gasteiger partial charge in [0.2, 0.25) is 0 Å². The third-order valence-electron chi connectivity index (χ3n) is 8.25. The van der Waals surface area contributed by atoms with Gasteiger partial charge in [-0.3, -0.25) is 0 Å². The lowest BCUT2D eigenvalue weighted by molar-refractivity contribution is 0.515. The minimum Gasteiger partial charge on any atom is -0.0654 e. The van der Waals surface area contributed by atoms with Gasteiger partial charge in [-0.1, -0.05) is 199 Å². The molecule has 0 N–H and O–H groups in total. The Morgan fingerprint density at radius 3 is 0.833 bits per heavy atom. The molecule has 1 aromatic rings. The average molecular weight is 499 g/mol. The first-order valence-corrected chi connectivity index (χ1v) is 16.9. The predicted octanol–water partition coefficient (Wildman–Crippen LogP) is 13.0. The summed E-state index contributed by atoms with van der Waals surface area (Å²) < 4.78 is 0. The van der Waals surface area contributed by atoms with E-state index in [-0.39, 0.29) is 0 Å². The molecule has 0 aliphatic rings. The summed E-state index contributed by atoms with van der Waals surface area (Å²) in [6.07, 6.45) is 40.5. The maximum atomic E-state index is 2.33. The molecule has 0 radical (unpaired) electrons. The van der Waals surface area contributed by atoms with Crippen LogP contribution in [0, 0.1) is 0 Å². The first-order chi connectivity index (χ1) is 17.9. The number of rotatable bonds is 28. The lowest BCUT2D eigenvalue weighted by atomic mass is 10.0. The van der Waals surface area contributed by atoms with Crippen molar-refractivity contribution in [3.63, 3.8) is 0 Å². The van der Waals surface area contributed by atoms with Crippen LogP contribution in [0.2, 0.25) is 0 Å². The van der Waals surface area contributed by atoms with Gasteiger partial charge >= 0.3 is 0 Å². The zero-order valence-corrected chi connectivity index (χ0v) is 25.1. The first-order valence-electron chi connectivity index (χ1n) is 16.9. The summed E-state index contributed by atoms with van der Waals surface area (Å²) in [5.74, 6) is 0. The van der Waals surface area contributed by atoms with E-state index in [4.69, 9.17) is 0 Å². The van der Waals surface area contributed by atoms with Crippen LogP contribution < -0.4 is 0 Å². The Morgan fingerprint density at radius 1 is 0.306 bits per heavy atom. The minimum atomic E-state index is 1.15. The molecule has 0 aliphatic carbocycles. The van der Waals surface area contributed by atoms with Crippen LogP contribution in [0.25, 0.3) is 0 Å². The van der Waals surface area contributed by atoms with E-state index in [1.165, 1.54) is 184 Å². The van der Waals surface area contributed by atoms with Gasteiger partial charge in [0.25, 0.3) is 0 Å². The van der Waals surface area contributed by atoms with Gasteiger partial charge in [-0.05, 0) is 30.4 Å². The summed E-state index contributed by atoms with van der Waals surface area (Å²) in [5, 5.41) is 0. The van der Waals surface area contributed by atoms with Crippen molar-refractivity contribution < 1.29 is 0 Å². The quantitative estimate of drug-likeness (QED) is 0.101. The SMILES string of the molecule is CCCCCCCCCCCCCCCCCCCCCCCCCCCCc1ccc(CC)cc1. The van der Waals surface area contributed by atoms with E-state index in [1.54, 1.807) is 0 Å². The van der Waals surface area contributed by atoms with E-state index >= 15 is 0 Å². The summed E-state index contributed by atoms with van der Waals surface area (Å²) in [4.78, 5) is 0. The van der Waals surface area contributed by atoms with Crippen LogP contribution in [-0.2, 0) is 12.8 Å².